The largest absolute Gasteiger partial charge is 0.335 e. The van der Waals surface area contributed by atoms with Crippen LogP contribution in [0.2, 0.25) is 0 Å². The predicted octanol–water partition coefficient (Wildman–Crippen LogP) is 3.72. The van der Waals surface area contributed by atoms with Gasteiger partial charge in [0.25, 0.3) is 11.1 Å². The molecule has 1 atom stereocenters. The van der Waals surface area contributed by atoms with Crippen LogP contribution in [0.5, 0.6) is 0 Å². The van der Waals surface area contributed by atoms with Crippen molar-refractivity contribution in [1.29, 1.82) is 0 Å². The minimum atomic E-state index is -0.235. The lowest BCUT2D eigenvalue weighted by Crippen LogP contribution is -2.30. The topological polar surface area (TPSA) is 57.7 Å². The van der Waals surface area contributed by atoms with Gasteiger partial charge >= 0.3 is 0 Å². The summed E-state index contributed by atoms with van der Waals surface area (Å²) >= 11 is 1.01. The van der Waals surface area contributed by atoms with E-state index in [-0.39, 0.29) is 35.4 Å². The van der Waals surface area contributed by atoms with E-state index >= 15 is 0 Å². The Morgan fingerprint density at radius 3 is 2.54 bits per heavy atom. The van der Waals surface area contributed by atoms with Crippen molar-refractivity contribution in [3.63, 3.8) is 0 Å². The first-order chi connectivity index (χ1) is 12.5. The highest BCUT2D eigenvalue weighted by Crippen LogP contribution is 2.23. The van der Waals surface area contributed by atoms with Gasteiger partial charge in [-0.2, -0.15) is 0 Å². The average Bonchev–Trinajstić information content (AvgIpc) is 2.99. The molecule has 0 saturated carbocycles. The number of benzene rings is 2. The molecule has 0 radical (unpaired) electrons. The second-order valence-electron chi connectivity index (χ2n) is 6.24. The average molecular weight is 368 g/mol. The van der Waals surface area contributed by atoms with E-state index in [1.807, 2.05) is 43.3 Å². The Bertz CT molecular complexity index is 822. The van der Waals surface area contributed by atoms with Crippen LogP contribution in [-0.2, 0) is 11.3 Å². The number of nitrogens with zero attached hydrogens (tertiary/aromatic N) is 2. The maximum absolute atomic E-state index is 12.9. The maximum Gasteiger partial charge on any atom is 0.289 e. The number of hydrogen-bond donors (Lipinski definition) is 0. The Morgan fingerprint density at radius 2 is 1.88 bits per heavy atom. The van der Waals surface area contributed by atoms with Gasteiger partial charge in [0.15, 0.2) is 0 Å². The van der Waals surface area contributed by atoms with Gasteiger partial charge in [-0.15, -0.1) is 0 Å². The van der Waals surface area contributed by atoms with E-state index in [1.165, 1.54) is 4.90 Å². The third-order valence-electron chi connectivity index (χ3n) is 4.54. The predicted molar refractivity (Wildman–Crippen MR) is 102 cm³/mol. The number of hydrogen-bond acceptors (Lipinski definition) is 4. The number of carbonyl (C=O) groups excluding carboxylic acids is 3. The second-order valence-corrected chi connectivity index (χ2v) is 7.16. The maximum atomic E-state index is 12.9. The molecule has 134 valence electrons. The van der Waals surface area contributed by atoms with E-state index in [0.717, 1.165) is 22.9 Å². The van der Waals surface area contributed by atoms with Crippen molar-refractivity contribution in [2.24, 2.45) is 0 Å². The lowest BCUT2D eigenvalue weighted by Gasteiger charge is -2.25. The molecule has 1 fully saturated rings. The molecule has 2 aromatic carbocycles. The van der Waals surface area contributed by atoms with Gasteiger partial charge in [-0.05, 0) is 30.2 Å². The number of imide groups is 1. The first-order valence-corrected chi connectivity index (χ1v) is 9.34. The van der Waals surface area contributed by atoms with Crippen LogP contribution in [0, 0.1) is 0 Å². The summed E-state index contributed by atoms with van der Waals surface area (Å²) in [5, 5.41) is -0.235. The van der Waals surface area contributed by atoms with Crippen molar-refractivity contribution < 1.29 is 14.4 Å². The van der Waals surface area contributed by atoms with Crippen LogP contribution in [0.3, 0.4) is 0 Å². The zero-order valence-electron chi connectivity index (χ0n) is 14.7. The molecule has 3 amide bonds. The van der Waals surface area contributed by atoms with Gasteiger partial charge in [0.05, 0.1) is 18.3 Å². The van der Waals surface area contributed by atoms with E-state index in [1.54, 1.807) is 30.1 Å². The van der Waals surface area contributed by atoms with Gasteiger partial charge < -0.3 is 4.90 Å². The van der Waals surface area contributed by atoms with Gasteiger partial charge in [-0.3, -0.25) is 19.3 Å². The Hall–Kier alpha value is -2.60. The number of rotatable bonds is 5. The van der Waals surface area contributed by atoms with Crippen LogP contribution in [0.25, 0.3) is 0 Å². The zero-order chi connectivity index (χ0) is 18.7. The highest BCUT2D eigenvalue weighted by atomic mass is 32.2. The first-order valence-electron chi connectivity index (χ1n) is 8.35. The highest BCUT2D eigenvalue weighted by Gasteiger charge is 2.30. The summed E-state index contributed by atoms with van der Waals surface area (Å²) in [6.07, 6.45) is 0. The van der Waals surface area contributed by atoms with Gasteiger partial charge in [-0.25, -0.2) is 0 Å². The fraction of sp³-hybridized carbons (Fsp3) is 0.250. The Labute approximate surface area is 157 Å². The lowest BCUT2D eigenvalue weighted by molar-refractivity contribution is -0.125. The summed E-state index contributed by atoms with van der Waals surface area (Å²) in [6, 6.07) is 16.9. The SMILES string of the molecule is CC(c1ccccc1)N(C)C(=O)c1cccc(CN2C(=O)CSC2=O)c1. The molecule has 26 heavy (non-hydrogen) atoms. The summed E-state index contributed by atoms with van der Waals surface area (Å²) in [5.41, 5.74) is 2.37. The van der Waals surface area contributed by atoms with E-state index in [4.69, 9.17) is 0 Å². The van der Waals surface area contributed by atoms with Crippen LogP contribution in [0.15, 0.2) is 54.6 Å². The highest BCUT2D eigenvalue weighted by molar-refractivity contribution is 8.14. The Morgan fingerprint density at radius 1 is 1.15 bits per heavy atom. The van der Waals surface area contributed by atoms with Crippen molar-refractivity contribution in [2.75, 3.05) is 12.8 Å². The summed E-state index contributed by atoms with van der Waals surface area (Å²) in [7, 11) is 1.77. The molecule has 0 aromatic heterocycles. The molecule has 0 spiro atoms. The third-order valence-corrected chi connectivity index (χ3v) is 5.40. The van der Waals surface area contributed by atoms with Crippen LogP contribution in [-0.4, -0.2) is 39.7 Å². The summed E-state index contributed by atoms with van der Waals surface area (Å²) < 4.78 is 0. The van der Waals surface area contributed by atoms with Gasteiger partial charge in [0.1, 0.15) is 0 Å². The van der Waals surface area contributed by atoms with Crippen molar-refractivity contribution >= 4 is 28.8 Å². The fourth-order valence-electron chi connectivity index (χ4n) is 2.85. The minimum absolute atomic E-state index is 0.0644. The molecule has 0 bridgehead atoms. The third kappa shape index (κ3) is 3.80. The molecule has 1 saturated heterocycles. The van der Waals surface area contributed by atoms with Gasteiger partial charge in [0, 0.05) is 12.6 Å². The smallest absolute Gasteiger partial charge is 0.289 e. The quantitative estimate of drug-likeness (QED) is 0.807. The fourth-order valence-corrected chi connectivity index (χ4v) is 3.58. The first kappa shape index (κ1) is 18.2. The van der Waals surface area contributed by atoms with Crippen molar-refractivity contribution in [2.45, 2.75) is 19.5 Å². The molecule has 2 aromatic rings. The van der Waals surface area contributed by atoms with E-state index in [2.05, 4.69) is 0 Å². The van der Waals surface area contributed by atoms with Crippen molar-refractivity contribution in [3.8, 4) is 0 Å². The molecule has 1 heterocycles. The molecule has 0 aliphatic carbocycles. The summed E-state index contributed by atoms with van der Waals surface area (Å²) in [4.78, 5) is 39.3. The van der Waals surface area contributed by atoms with E-state index in [0.29, 0.717) is 5.56 Å². The minimum Gasteiger partial charge on any atom is -0.335 e. The molecule has 5 nitrogen and oxygen atoms in total. The van der Waals surface area contributed by atoms with E-state index in [9.17, 15) is 14.4 Å². The number of thioether (sulfide) groups is 1. The second kappa shape index (κ2) is 7.74. The number of amides is 3. The van der Waals surface area contributed by atoms with Crippen LogP contribution < -0.4 is 0 Å². The van der Waals surface area contributed by atoms with Crippen molar-refractivity contribution in [1.82, 2.24) is 9.80 Å². The van der Waals surface area contributed by atoms with Crippen LogP contribution in [0.1, 0.15) is 34.5 Å². The Kier molecular flexibility index (Phi) is 5.42. The normalized spacial score (nSPS) is 15.2. The molecular formula is C20H20N2O3S. The molecule has 1 unspecified atom stereocenters. The molecule has 3 rings (SSSR count). The van der Waals surface area contributed by atoms with Crippen LogP contribution in [0.4, 0.5) is 4.79 Å². The summed E-state index contributed by atoms with van der Waals surface area (Å²) in [5.74, 6) is -0.0994. The van der Waals surface area contributed by atoms with Crippen LogP contribution >= 0.6 is 11.8 Å². The molecule has 1 aliphatic heterocycles. The lowest BCUT2D eigenvalue weighted by atomic mass is 10.1. The van der Waals surface area contributed by atoms with Gasteiger partial charge in [0.2, 0.25) is 5.91 Å². The monoisotopic (exact) mass is 368 g/mol. The molecule has 0 N–H and O–H groups in total. The zero-order valence-corrected chi connectivity index (χ0v) is 15.5. The van der Waals surface area contributed by atoms with E-state index < -0.39 is 0 Å². The standard InChI is InChI=1S/C20H20N2O3S/c1-14(16-8-4-3-5-9-16)21(2)19(24)17-10-6-7-15(11-17)12-22-18(23)13-26-20(22)25/h3-11,14H,12-13H2,1-2H3. The molecule has 6 heteroatoms. The van der Waals surface area contributed by atoms with Crippen molar-refractivity contribution in [3.05, 3.63) is 71.3 Å². The van der Waals surface area contributed by atoms with Gasteiger partial charge in [-0.1, -0.05) is 54.2 Å². The summed E-state index contributed by atoms with van der Waals surface area (Å²) in [6.45, 7) is 2.18. The number of carbonyl (C=O) groups is 3. The Balaban J connectivity index is 1.75. The molecule has 1 aliphatic rings. The molecular weight excluding hydrogens is 348 g/mol.